The van der Waals surface area contributed by atoms with E-state index in [0.29, 0.717) is 5.92 Å². The van der Waals surface area contributed by atoms with Gasteiger partial charge in [-0.15, -0.1) is 0 Å². The van der Waals surface area contributed by atoms with E-state index in [1.807, 2.05) is 0 Å². The summed E-state index contributed by atoms with van der Waals surface area (Å²) in [6.45, 7) is 2.66. The van der Waals surface area contributed by atoms with Gasteiger partial charge in [0, 0.05) is 18.2 Å². The molecule has 0 heterocycles. The van der Waals surface area contributed by atoms with Gasteiger partial charge in [-0.3, -0.25) is 9.69 Å². The number of hydrogen-bond donors (Lipinski definition) is 1. The third-order valence-corrected chi connectivity index (χ3v) is 4.77. The van der Waals surface area contributed by atoms with Gasteiger partial charge in [0.15, 0.2) is 0 Å². The van der Waals surface area contributed by atoms with Crippen LogP contribution < -0.4 is 5.32 Å². The number of hydrogen-bond acceptors (Lipinski definition) is 2. The van der Waals surface area contributed by atoms with Gasteiger partial charge in [-0.25, -0.2) is 8.78 Å². The molecule has 1 saturated carbocycles. The quantitative estimate of drug-likeness (QED) is 0.866. The Morgan fingerprint density at radius 2 is 2.00 bits per heavy atom. The van der Waals surface area contributed by atoms with Crippen LogP contribution in [0.1, 0.15) is 50.6 Å². The van der Waals surface area contributed by atoms with Gasteiger partial charge in [0.05, 0.1) is 6.54 Å². The second kappa shape index (κ2) is 8.39. The molecule has 0 aliphatic heterocycles. The van der Waals surface area contributed by atoms with E-state index >= 15 is 0 Å². The lowest BCUT2D eigenvalue weighted by molar-refractivity contribution is -0.122. The highest BCUT2D eigenvalue weighted by Gasteiger charge is 2.19. The van der Waals surface area contributed by atoms with Crippen molar-refractivity contribution in [2.24, 2.45) is 5.92 Å². The van der Waals surface area contributed by atoms with Gasteiger partial charge < -0.3 is 5.32 Å². The standard InChI is InChI=1S/C18H26F2N2O/c1-13(16-10-15(19)8-9-17(16)20)22(2)12-18(23)21-11-14-6-4-3-5-7-14/h8-10,13-14H,3-7,11-12H2,1-2H3,(H,21,23). The Kier molecular flexibility index (Phi) is 6.51. The predicted molar refractivity (Wildman–Crippen MR) is 87.0 cm³/mol. The zero-order chi connectivity index (χ0) is 16.8. The molecule has 1 aliphatic rings. The van der Waals surface area contributed by atoms with Gasteiger partial charge >= 0.3 is 0 Å². The molecule has 1 aromatic carbocycles. The first-order chi connectivity index (χ1) is 11.0. The lowest BCUT2D eigenvalue weighted by Gasteiger charge is -2.26. The maximum Gasteiger partial charge on any atom is 0.234 e. The molecule has 1 aliphatic carbocycles. The Labute approximate surface area is 137 Å². The van der Waals surface area contributed by atoms with Gasteiger partial charge in [-0.1, -0.05) is 19.3 Å². The van der Waals surface area contributed by atoms with Gasteiger partial charge in [0.25, 0.3) is 0 Å². The largest absolute Gasteiger partial charge is 0.355 e. The van der Waals surface area contributed by atoms with Crippen molar-refractivity contribution in [3.8, 4) is 0 Å². The molecule has 128 valence electrons. The van der Waals surface area contributed by atoms with E-state index in [1.54, 1.807) is 18.9 Å². The molecule has 0 bridgehead atoms. The van der Waals surface area contributed by atoms with Crippen LogP contribution in [0.5, 0.6) is 0 Å². The maximum absolute atomic E-state index is 13.8. The number of rotatable bonds is 6. The van der Waals surface area contributed by atoms with Crippen LogP contribution in [0.4, 0.5) is 8.78 Å². The van der Waals surface area contributed by atoms with E-state index in [0.717, 1.165) is 18.7 Å². The number of carbonyl (C=O) groups is 1. The fraction of sp³-hybridized carbons (Fsp3) is 0.611. The van der Waals surface area contributed by atoms with Crippen molar-refractivity contribution in [3.63, 3.8) is 0 Å². The highest BCUT2D eigenvalue weighted by atomic mass is 19.1. The molecule has 0 saturated heterocycles. The summed E-state index contributed by atoms with van der Waals surface area (Å²) >= 11 is 0. The zero-order valence-corrected chi connectivity index (χ0v) is 13.9. The Morgan fingerprint density at radius 3 is 2.70 bits per heavy atom. The molecule has 5 heteroatoms. The number of carbonyl (C=O) groups excluding carboxylic acids is 1. The molecule has 2 rings (SSSR count). The van der Waals surface area contributed by atoms with E-state index in [1.165, 1.54) is 38.2 Å². The second-order valence-electron chi connectivity index (χ2n) is 6.57. The molecule has 23 heavy (non-hydrogen) atoms. The van der Waals surface area contributed by atoms with Crippen LogP contribution in [-0.2, 0) is 4.79 Å². The normalized spacial score (nSPS) is 17.3. The minimum absolute atomic E-state index is 0.0678. The number of likely N-dealkylation sites (N-methyl/N-ethyl adjacent to an activating group) is 1. The van der Waals surface area contributed by atoms with Gasteiger partial charge in [0.2, 0.25) is 5.91 Å². The van der Waals surface area contributed by atoms with Crippen molar-refractivity contribution in [3.05, 3.63) is 35.4 Å². The van der Waals surface area contributed by atoms with Crippen molar-refractivity contribution in [1.29, 1.82) is 0 Å². The summed E-state index contributed by atoms with van der Waals surface area (Å²) in [5, 5.41) is 2.97. The van der Waals surface area contributed by atoms with E-state index in [9.17, 15) is 13.6 Å². The molecular weight excluding hydrogens is 298 g/mol. The third kappa shape index (κ3) is 5.27. The summed E-state index contributed by atoms with van der Waals surface area (Å²) in [7, 11) is 1.75. The van der Waals surface area contributed by atoms with E-state index in [2.05, 4.69) is 5.32 Å². The fourth-order valence-corrected chi connectivity index (χ4v) is 3.14. The van der Waals surface area contributed by atoms with Crippen molar-refractivity contribution >= 4 is 5.91 Å². The van der Waals surface area contributed by atoms with Crippen molar-refractivity contribution < 1.29 is 13.6 Å². The maximum atomic E-state index is 13.8. The van der Waals surface area contributed by atoms with Gasteiger partial charge in [0.1, 0.15) is 11.6 Å². The summed E-state index contributed by atoms with van der Waals surface area (Å²) in [4.78, 5) is 13.8. The molecule has 3 nitrogen and oxygen atoms in total. The first-order valence-corrected chi connectivity index (χ1v) is 8.39. The Bertz CT molecular complexity index is 530. The van der Waals surface area contributed by atoms with E-state index < -0.39 is 11.6 Å². The molecule has 1 atom stereocenters. The minimum Gasteiger partial charge on any atom is -0.355 e. The Morgan fingerprint density at radius 1 is 1.30 bits per heavy atom. The number of benzene rings is 1. The van der Waals surface area contributed by atoms with Crippen LogP contribution in [0, 0.1) is 17.6 Å². The average molecular weight is 324 g/mol. The predicted octanol–water partition coefficient (Wildman–Crippen LogP) is 3.65. The molecule has 0 radical (unpaired) electrons. The summed E-state index contributed by atoms with van der Waals surface area (Å²) in [6, 6.07) is 3.04. The number of nitrogens with zero attached hydrogens (tertiary/aromatic N) is 1. The van der Waals surface area contributed by atoms with Crippen LogP contribution in [0.2, 0.25) is 0 Å². The van der Waals surface area contributed by atoms with Crippen molar-refractivity contribution in [2.75, 3.05) is 20.1 Å². The molecule has 0 aromatic heterocycles. The summed E-state index contributed by atoms with van der Waals surface area (Å²) < 4.78 is 27.1. The third-order valence-electron chi connectivity index (χ3n) is 4.77. The van der Waals surface area contributed by atoms with Crippen LogP contribution >= 0.6 is 0 Å². The molecule has 1 fully saturated rings. The van der Waals surface area contributed by atoms with Crippen molar-refractivity contribution in [2.45, 2.75) is 45.1 Å². The fourth-order valence-electron chi connectivity index (χ4n) is 3.14. The van der Waals surface area contributed by atoms with Crippen LogP contribution in [0.15, 0.2) is 18.2 Å². The van der Waals surface area contributed by atoms with Crippen LogP contribution in [-0.4, -0.2) is 30.9 Å². The molecular formula is C18H26F2N2O. The second-order valence-corrected chi connectivity index (χ2v) is 6.57. The molecule has 1 unspecified atom stereocenters. The Balaban J connectivity index is 1.83. The van der Waals surface area contributed by atoms with Crippen LogP contribution in [0.3, 0.4) is 0 Å². The minimum atomic E-state index is -0.469. The topological polar surface area (TPSA) is 32.3 Å². The first-order valence-electron chi connectivity index (χ1n) is 8.39. The van der Waals surface area contributed by atoms with E-state index in [4.69, 9.17) is 0 Å². The van der Waals surface area contributed by atoms with Gasteiger partial charge in [-0.2, -0.15) is 0 Å². The van der Waals surface area contributed by atoms with Crippen LogP contribution in [0.25, 0.3) is 0 Å². The summed E-state index contributed by atoms with van der Waals surface area (Å²) in [5.74, 6) is -0.408. The number of amides is 1. The molecule has 1 aromatic rings. The van der Waals surface area contributed by atoms with Gasteiger partial charge in [-0.05, 0) is 50.9 Å². The lowest BCUT2D eigenvalue weighted by atomic mass is 9.89. The molecule has 1 amide bonds. The van der Waals surface area contributed by atoms with Crippen molar-refractivity contribution in [1.82, 2.24) is 10.2 Å². The number of halogens is 2. The monoisotopic (exact) mass is 324 g/mol. The highest BCUT2D eigenvalue weighted by Crippen LogP contribution is 2.23. The highest BCUT2D eigenvalue weighted by molar-refractivity contribution is 5.78. The average Bonchev–Trinajstić information content (AvgIpc) is 2.55. The van der Waals surface area contributed by atoms with E-state index in [-0.39, 0.29) is 24.1 Å². The zero-order valence-electron chi connectivity index (χ0n) is 13.9. The Hall–Kier alpha value is -1.49. The summed E-state index contributed by atoms with van der Waals surface area (Å²) in [6.07, 6.45) is 6.15. The summed E-state index contributed by atoms with van der Waals surface area (Å²) in [5.41, 5.74) is 0.271. The molecule has 0 spiro atoms. The number of nitrogens with one attached hydrogen (secondary N) is 1. The molecule has 1 N–H and O–H groups in total. The SMILES string of the molecule is CC(c1cc(F)ccc1F)N(C)CC(=O)NCC1CCCCC1. The lowest BCUT2D eigenvalue weighted by Crippen LogP contribution is -2.38. The smallest absolute Gasteiger partial charge is 0.234 e. The first kappa shape index (κ1) is 17.9.